The molecule has 0 unspecified atom stereocenters. The van der Waals surface area contributed by atoms with E-state index in [1.807, 2.05) is 38.1 Å². The SMILES string of the molecule is CCCCCC#C/C=C\C=C\[C@H](OCc1ccc(OC)cc1)[C@@H]1C[C@H]1[C@H]1COC(C)(C)O1. The molecule has 1 aromatic carbocycles. The summed E-state index contributed by atoms with van der Waals surface area (Å²) in [5, 5.41) is 0. The zero-order chi connectivity index (χ0) is 22.8. The average molecular weight is 439 g/mol. The van der Waals surface area contributed by atoms with Crippen LogP contribution in [-0.4, -0.2) is 31.7 Å². The lowest BCUT2D eigenvalue weighted by atomic mass is 10.1. The molecule has 32 heavy (non-hydrogen) atoms. The molecule has 1 aromatic rings. The third kappa shape index (κ3) is 7.81. The topological polar surface area (TPSA) is 36.9 Å². The highest BCUT2D eigenvalue weighted by molar-refractivity contribution is 5.27. The maximum atomic E-state index is 6.35. The van der Waals surface area contributed by atoms with E-state index in [0.717, 1.165) is 24.2 Å². The van der Waals surface area contributed by atoms with Crippen LogP contribution in [0.3, 0.4) is 0 Å². The van der Waals surface area contributed by atoms with E-state index in [0.29, 0.717) is 25.0 Å². The first-order valence-electron chi connectivity index (χ1n) is 11.9. The van der Waals surface area contributed by atoms with Crippen molar-refractivity contribution in [3.8, 4) is 17.6 Å². The lowest BCUT2D eigenvalue weighted by Crippen LogP contribution is -2.24. The van der Waals surface area contributed by atoms with Gasteiger partial charge in [-0.15, -0.1) is 0 Å². The molecule has 4 atom stereocenters. The van der Waals surface area contributed by atoms with Crippen LogP contribution in [0.25, 0.3) is 0 Å². The zero-order valence-electron chi connectivity index (χ0n) is 20.0. The van der Waals surface area contributed by atoms with Gasteiger partial charge in [-0.05, 0) is 62.3 Å². The van der Waals surface area contributed by atoms with Crippen LogP contribution in [0.5, 0.6) is 5.75 Å². The van der Waals surface area contributed by atoms with Crippen molar-refractivity contribution >= 4 is 0 Å². The Morgan fingerprint density at radius 1 is 1.19 bits per heavy atom. The number of allylic oxidation sites excluding steroid dienone is 3. The Bertz CT molecular complexity index is 812. The molecule has 0 aromatic heterocycles. The van der Waals surface area contributed by atoms with Gasteiger partial charge in [-0.25, -0.2) is 0 Å². The first kappa shape index (κ1) is 24.6. The largest absolute Gasteiger partial charge is 0.497 e. The van der Waals surface area contributed by atoms with Crippen LogP contribution in [0.2, 0.25) is 0 Å². The predicted octanol–water partition coefficient (Wildman–Crippen LogP) is 6.06. The lowest BCUT2D eigenvalue weighted by molar-refractivity contribution is -0.141. The molecule has 2 aliphatic rings. The molecule has 2 fully saturated rings. The van der Waals surface area contributed by atoms with Crippen molar-refractivity contribution in [3.05, 3.63) is 54.1 Å². The van der Waals surface area contributed by atoms with Crippen LogP contribution in [-0.2, 0) is 20.8 Å². The molecule has 0 spiro atoms. The van der Waals surface area contributed by atoms with Gasteiger partial charge in [0, 0.05) is 6.42 Å². The maximum Gasteiger partial charge on any atom is 0.163 e. The van der Waals surface area contributed by atoms with E-state index in [4.69, 9.17) is 18.9 Å². The Hall–Kier alpha value is -2.06. The molecule has 4 nitrogen and oxygen atoms in total. The van der Waals surface area contributed by atoms with Crippen LogP contribution in [0.1, 0.15) is 58.4 Å². The molecule has 174 valence electrons. The molecule has 0 N–H and O–H groups in total. The minimum Gasteiger partial charge on any atom is -0.497 e. The highest BCUT2D eigenvalue weighted by Gasteiger charge is 2.51. The van der Waals surface area contributed by atoms with Gasteiger partial charge in [-0.1, -0.05) is 62.0 Å². The minimum absolute atomic E-state index is 0.0385. The first-order chi connectivity index (χ1) is 15.5. The van der Waals surface area contributed by atoms with Gasteiger partial charge in [-0.3, -0.25) is 0 Å². The third-order valence-electron chi connectivity index (χ3n) is 6.02. The van der Waals surface area contributed by atoms with E-state index in [9.17, 15) is 0 Å². The number of ether oxygens (including phenoxy) is 4. The van der Waals surface area contributed by atoms with Gasteiger partial charge in [0.25, 0.3) is 0 Å². The fourth-order valence-corrected chi connectivity index (χ4v) is 4.08. The Morgan fingerprint density at radius 3 is 2.69 bits per heavy atom. The second kappa shape index (κ2) is 12.3. The van der Waals surface area contributed by atoms with E-state index in [2.05, 4.69) is 43.0 Å². The molecule has 1 saturated carbocycles. The smallest absolute Gasteiger partial charge is 0.163 e. The Labute approximate surface area is 194 Å². The molecule has 0 amide bonds. The van der Waals surface area contributed by atoms with Crippen molar-refractivity contribution < 1.29 is 18.9 Å². The normalized spacial score (nSPS) is 25.1. The average Bonchev–Trinajstić information content (AvgIpc) is 3.50. The monoisotopic (exact) mass is 438 g/mol. The predicted molar refractivity (Wildman–Crippen MR) is 128 cm³/mol. The van der Waals surface area contributed by atoms with Crippen LogP contribution in [0.4, 0.5) is 0 Å². The number of benzene rings is 1. The van der Waals surface area contributed by atoms with E-state index in [-0.39, 0.29) is 12.2 Å². The summed E-state index contributed by atoms with van der Waals surface area (Å²) in [5.41, 5.74) is 1.14. The van der Waals surface area contributed by atoms with Crippen LogP contribution in [0.15, 0.2) is 48.6 Å². The summed E-state index contributed by atoms with van der Waals surface area (Å²) in [7, 11) is 1.68. The molecule has 3 rings (SSSR count). The van der Waals surface area contributed by atoms with E-state index in [1.165, 1.54) is 19.3 Å². The fourth-order valence-electron chi connectivity index (χ4n) is 4.08. The van der Waals surface area contributed by atoms with E-state index in [1.54, 1.807) is 7.11 Å². The quantitative estimate of drug-likeness (QED) is 0.239. The number of hydrogen-bond donors (Lipinski definition) is 0. The lowest BCUT2D eigenvalue weighted by Gasteiger charge is -2.18. The summed E-state index contributed by atoms with van der Waals surface area (Å²) in [6.45, 7) is 7.40. The van der Waals surface area contributed by atoms with Crippen LogP contribution >= 0.6 is 0 Å². The summed E-state index contributed by atoms with van der Waals surface area (Å²) in [4.78, 5) is 0. The number of hydrogen-bond acceptors (Lipinski definition) is 4. The Kier molecular flexibility index (Phi) is 9.41. The standard InChI is InChI=1S/C28H38O4/c1-5-6-7-8-9-10-11-12-13-14-26(30-20-22-15-17-23(29-4)18-16-22)24-19-25(24)27-21-31-28(2,3)32-27/h11-18,24-27H,5-8,19-21H2,1-4H3/b12-11-,14-13+/t24-,25-,26+,27-/m1/s1. The van der Waals surface area contributed by atoms with Crippen molar-refractivity contribution in [2.75, 3.05) is 13.7 Å². The number of rotatable bonds is 11. The zero-order valence-corrected chi connectivity index (χ0v) is 20.0. The van der Waals surface area contributed by atoms with Gasteiger partial charge >= 0.3 is 0 Å². The van der Waals surface area contributed by atoms with Crippen molar-refractivity contribution in [1.29, 1.82) is 0 Å². The third-order valence-corrected chi connectivity index (χ3v) is 6.02. The highest BCUT2D eigenvalue weighted by Crippen LogP contribution is 2.49. The van der Waals surface area contributed by atoms with Crippen molar-refractivity contribution in [3.63, 3.8) is 0 Å². The van der Waals surface area contributed by atoms with Crippen molar-refractivity contribution in [2.24, 2.45) is 11.8 Å². The summed E-state index contributed by atoms with van der Waals surface area (Å²) in [6, 6.07) is 8.04. The van der Waals surface area contributed by atoms with E-state index >= 15 is 0 Å². The van der Waals surface area contributed by atoms with Crippen LogP contribution < -0.4 is 4.74 Å². The summed E-state index contributed by atoms with van der Waals surface area (Å²) in [5.74, 6) is 7.63. The summed E-state index contributed by atoms with van der Waals surface area (Å²) in [6.07, 6.45) is 14.1. The van der Waals surface area contributed by atoms with Crippen LogP contribution in [0, 0.1) is 23.7 Å². The number of unbranched alkanes of at least 4 members (excludes halogenated alkanes) is 3. The molecule has 1 aliphatic carbocycles. The van der Waals surface area contributed by atoms with Crippen molar-refractivity contribution in [2.45, 2.75) is 77.5 Å². The molecule has 4 heteroatoms. The molecule has 1 saturated heterocycles. The number of methoxy groups -OCH3 is 1. The minimum atomic E-state index is -0.481. The van der Waals surface area contributed by atoms with E-state index < -0.39 is 5.79 Å². The van der Waals surface area contributed by atoms with Gasteiger partial charge in [0.2, 0.25) is 0 Å². The Morgan fingerprint density at radius 2 is 2.00 bits per heavy atom. The highest BCUT2D eigenvalue weighted by atomic mass is 16.7. The molecular weight excluding hydrogens is 400 g/mol. The molecule has 1 aliphatic heterocycles. The second-order valence-corrected chi connectivity index (χ2v) is 9.08. The van der Waals surface area contributed by atoms with Gasteiger partial charge in [-0.2, -0.15) is 0 Å². The van der Waals surface area contributed by atoms with Gasteiger partial charge < -0.3 is 18.9 Å². The molecule has 1 heterocycles. The van der Waals surface area contributed by atoms with Gasteiger partial charge in [0.15, 0.2) is 5.79 Å². The van der Waals surface area contributed by atoms with Gasteiger partial charge in [0.05, 0.1) is 32.5 Å². The molecular formula is C28H38O4. The first-order valence-corrected chi connectivity index (χ1v) is 11.9. The second-order valence-electron chi connectivity index (χ2n) is 9.08. The summed E-state index contributed by atoms with van der Waals surface area (Å²) < 4.78 is 23.5. The summed E-state index contributed by atoms with van der Waals surface area (Å²) >= 11 is 0. The molecule has 0 bridgehead atoms. The maximum absolute atomic E-state index is 6.35. The molecule has 0 radical (unpaired) electrons. The van der Waals surface area contributed by atoms with Gasteiger partial charge in [0.1, 0.15) is 5.75 Å². The Balaban J connectivity index is 1.55. The van der Waals surface area contributed by atoms with Crippen molar-refractivity contribution in [1.82, 2.24) is 0 Å². The fraction of sp³-hybridized carbons (Fsp3) is 0.571.